The number of unbranched alkanes of at least 4 members (excludes halogenated alkanes) is 3. The highest BCUT2D eigenvalue weighted by molar-refractivity contribution is 6.61. The SMILES string of the molecule is CC(C)(C)OC(=O)CC[C@H](CC(=O)C[C@@H](CCCCN)C(=O)OC(C)(C)C)C(=O)OC(C)(C)C.CC(C)(C)OC(=O)CC[C@H](CC(=O)C[C@@H](CCCCNC(=O)OCc1ccccc1)C(=O)OC(C)(C)C)C(=O)OC(C)(C)C.CC(C)(C)OC(=O)CC[C@H](N)C(=O)OC(C)(C)C.CC(C)(C)OC(=O)[C@@H](N)CCCCNC(=O)OCc1ccccc1.CO.Cl.Cl.O=C(Cl)Oc1ccc([N+](=O)[O-])cc1. The van der Waals surface area contributed by atoms with E-state index in [0.717, 1.165) is 37.5 Å². The van der Waals surface area contributed by atoms with Crippen LogP contribution in [-0.4, -0.2) is 182 Å². The topological polar surface area (TPSA) is 515 Å². The van der Waals surface area contributed by atoms with E-state index in [9.17, 15) is 77.2 Å². The first-order valence-corrected chi connectivity index (χ1v) is 46.0. The number of ketones is 2. The van der Waals surface area contributed by atoms with Crippen molar-refractivity contribution in [3.63, 3.8) is 0 Å². The molecule has 0 radical (unpaired) electrons. The number of non-ortho nitro benzene ring substituents is 1. The number of alkyl carbamates (subject to hydrolysis) is 2. The predicted octanol–water partition coefficient (Wildman–Crippen LogP) is 18.3. The highest BCUT2D eigenvalue weighted by Crippen LogP contribution is 2.29. The summed E-state index contributed by atoms with van der Waals surface area (Å²) in [5, 5.41) is 22.6. The monoisotopic (exact) mass is 2010 g/mol. The normalized spacial score (nSPS) is 12.7. The van der Waals surface area contributed by atoms with Crippen LogP contribution in [-0.2, 0) is 118 Å². The minimum atomic E-state index is -0.978. The van der Waals surface area contributed by atoms with Crippen LogP contribution in [0.2, 0.25) is 0 Å². The first kappa shape index (κ1) is 136. The summed E-state index contributed by atoms with van der Waals surface area (Å²) < 4.78 is 63.0. The van der Waals surface area contributed by atoms with E-state index in [2.05, 4.69) is 15.4 Å². The van der Waals surface area contributed by atoms with Gasteiger partial charge in [-0.15, -0.1) is 24.8 Å². The van der Waals surface area contributed by atoms with Crippen molar-refractivity contribution in [2.75, 3.05) is 26.7 Å². The average Bonchev–Trinajstić information content (AvgIpc) is 0.860. The van der Waals surface area contributed by atoms with Gasteiger partial charge >= 0.3 is 71.3 Å². The first-order chi connectivity index (χ1) is 61.8. The number of nitrogens with zero attached hydrogens (tertiary/aromatic N) is 1. The summed E-state index contributed by atoms with van der Waals surface area (Å²) in [4.78, 5) is 180. The Balaban J connectivity index is -0.000000555. The molecule has 0 aliphatic carbocycles. The maximum Gasteiger partial charge on any atom is 0.409 e. The van der Waals surface area contributed by atoms with E-state index >= 15 is 0 Å². The number of nitro benzene ring substituents is 1. The molecule has 3 rings (SSSR count). The predicted molar refractivity (Wildman–Crippen MR) is 526 cm³/mol. The van der Waals surface area contributed by atoms with Crippen LogP contribution in [0, 0.1) is 33.8 Å². The quantitative estimate of drug-likeness (QED) is 0.00765. The van der Waals surface area contributed by atoms with Crippen LogP contribution in [0.5, 0.6) is 5.75 Å². The zero-order chi connectivity index (χ0) is 105. The number of hydrogen-bond acceptors (Lipinski definition) is 32. The van der Waals surface area contributed by atoms with Crippen molar-refractivity contribution in [2.24, 2.45) is 40.9 Å². The fourth-order valence-corrected chi connectivity index (χ4v) is 11.3. The number of nitro groups is 1. The van der Waals surface area contributed by atoms with Gasteiger partial charge < -0.3 is 89.8 Å². The first-order valence-electron chi connectivity index (χ1n) is 45.6. The second kappa shape index (κ2) is 67.6. The van der Waals surface area contributed by atoms with Gasteiger partial charge in [0.2, 0.25) is 0 Å². The Hall–Kier alpha value is -9.65. The summed E-state index contributed by atoms with van der Waals surface area (Å²) in [6, 6.07) is 22.4. The van der Waals surface area contributed by atoms with Crippen molar-refractivity contribution in [3.8, 4) is 5.75 Å². The molecule has 0 heterocycles. The molecule has 0 spiro atoms. The van der Waals surface area contributed by atoms with Gasteiger partial charge in [-0.05, 0) is 281 Å². The lowest BCUT2D eigenvalue weighted by Crippen LogP contribution is -2.38. The number of nitrogens with one attached hydrogen (secondary N) is 2. The number of carbonyl (C=O) groups is 14. The number of aliphatic hydroxyl groups excluding tert-OH is 1. The number of amides is 2. The molecular weight excluding hydrogens is 1840 g/mol. The molecule has 3 aromatic rings. The Bertz CT molecular complexity index is 4080. The van der Waals surface area contributed by atoms with Crippen molar-refractivity contribution in [2.45, 2.75) is 385 Å². The van der Waals surface area contributed by atoms with E-state index < -0.39 is 156 Å². The van der Waals surface area contributed by atoms with Gasteiger partial charge in [-0.25, -0.2) is 14.4 Å². The molecule has 3 aromatic carbocycles. The molecule has 0 aliphatic rings. The fraction of sp³-hybridized carbons (Fsp3) is 0.677. The third kappa shape index (κ3) is 81.0. The largest absolute Gasteiger partial charge is 0.460 e. The molecule has 0 aromatic heterocycles. The average molecular weight is 2010 g/mol. The third-order valence-corrected chi connectivity index (χ3v) is 16.8. The van der Waals surface area contributed by atoms with Gasteiger partial charge in [-0.2, -0.15) is 0 Å². The fourth-order valence-electron chi connectivity index (χ4n) is 11.2. The number of rotatable bonds is 43. The summed E-state index contributed by atoms with van der Waals surface area (Å²) >= 11 is 4.92. The number of halogens is 3. The minimum Gasteiger partial charge on any atom is -0.460 e. The Labute approximate surface area is 829 Å². The molecule has 0 bridgehead atoms. The van der Waals surface area contributed by atoms with Crippen LogP contribution in [0.1, 0.15) is 320 Å². The summed E-state index contributed by atoms with van der Waals surface area (Å²) in [7, 11) is 1.00. The van der Waals surface area contributed by atoms with E-state index in [4.69, 9.17) is 86.0 Å². The molecule has 35 nitrogen and oxygen atoms in total. The standard InChI is InChI=1S/C34H53NO9.C26H47NO7.C18H28N2O4.C13H25NO4.C7H4ClNO4.CH4O.2ClH/c1-32(2,3)42-28(37)19-18-26(30(39)44-34(7,8)9)22-27(36)21-25(29(38)43-33(4,5)6)17-13-14-20-35-31(40)41-23-24-15-11-10-12-16-24;1-24(2,3)32-21(29)14-13-19(23(31)34-26(7,8)9)17-20(28)16-18(12-10-11-15-27)22(30)33-25(4,5)6;1-18(2,3)24-16(21)15(19)11-7-8-12-20-17(22)23-13-14-9-5-4-6-10-14;1-12(2,3)17-10(15)8-7-9(14)11(16)18-13(4,5)6;8-7(10)13-6-3-1-5(2-4-6)9(11)12;1-2;;/h10-12,15-16,25-26H,13-14,17-23H2,1-9H3,(H,35,40);18-19H,10-17,27H2,1-9H3;4-6,9-10,15H,7-8,11-13,19H2,1-3H3,(H,20,22);9H,7-8,14H2,1-6H3;1-4H;2H,1H3;2*1H/t25-,26-;18-,19-;15-;9-;;;;/m1100..../s1. The van der Waals surface area contributed by atoms with Gasteiger partial charge in [-0.3, -0.25) is 62.9 Å². The number of nitrogens with two attached hydrogens (primary N) is 3. The molecule has 0 unspecified atom stereocenters. The van der Waals surface area contributed by atoms with E-state index in [-0.39, 0.29) is 131 Å². The Morgan fingerprint density at radius 1 is 0.358 bits per heavy atom. The molecule has 6 atom stereocenters. The highest BCUT2D eigenvalue weighted by Gasteiger charge is 2.36. The van der Waals surface area contributed by atoms with Gasteiger partial charge in [-0.1, -0.05) is 73.5 Å². The highest BCUT2D eigenvalue weighted by atomic mass is 35.5. The smallest absolute Gasteiger partial charge is 0.409 e. The lowest BCUT2D eigenvalue weighted by Gasteiger charge is -2.25. The van der Waals surface area contributed by atoms with Crippen molar-refractivity contribution in [1.29, 1.82) is 0 Å². The summed E-state index contributed by atoms with van der Waals surface area (Å²) in [5.41, 5.74) is 11.9. The van der Waals surface area contributed by atoms with Gasteiger partial charge in [0.1, 0.15) is 93.0 Å². The maximum absolute atomic E-state index is 13.2. The molecule has 784 valence electrons. The van der Waals surface area contributed by atoms with Crippen LogP contribution in [0.4, 0.5) is 20.1 Å². The van der Waals surface area contributed by atoms with E-state index in [1.54, 1.807) is 166 Å². The van der Waals surface area contributed by atoms with Crippen molar-refractivity contribution in [1.82, 2.24) is 10.6 Å². The summed E-state index contributed by atoms with van der Waals surface area (Å²) in [5.74, 6) is -7.57. The van der Waals surface area contributed by atoms with Crippen molar-refractivity contribution < 1.29 is 134 Å². The van der Waals surface area contributed by atoms with E-state index in [0.29, 0.717) is 58.2 Å². The molecule has 2 amide bonds. The van der Waals surface area contributed by atoms with Gasteiger partial charge in [0.05, 0.1) is 28.6 Å². The molecule has 0 saturated heterocycles. The lowest BCUT2D eigenvalue weighted by atomic mass is 9.90. The molecule has 0 fully saturated rings. The second-order valence-corrected chi connectivity index (χ2v) is 41.1. The zero-order valence-corrected chi connectivity index (χ0v) is 88.7. The van der Waals surface area contributed by atoms with Crippen molar-refractivity contribution in [3.05, 3.63) is 106 Å². The van der Waals surface area contributed by atoms with Crippen LogP contribution < -0.4 is 32.6 Å². The van der Waals surface area contributed by atoms with E-state index in [1.807, 2.05) is 81.4 Å². The van der Waals surface area contributed by atoms with Gasteiger partial charge in [0, 0.05) is 88.9 Å². The van der Waals surface area contributed by atoms with Crippen LogP contribution in [0.3, 0.4) is 0 Å². The Morgan fingerprint density at radius 2 is 0.613 bits per heavy atom. The summed E-state index contributed by atoms with van der Waals surface area (Å²) in [6.45, 7) is 49.4. The number of aliphatic hydroxyl groups is 1. The number of esters is 9. The Kier molecular flexibility index (Phi) is 67.0. The van der Waals surface area contributed by atoms with Gasteiger partial charge in [0.25, 0.3) is 5.69 Å². The lowest BCUT2D eigenvalue weighted by molar-refractivity contribution is -0.384. The number of carbonyl (C=O) groups excluding carboxylic acids is 14. The molecular formula is C99H163Cl3N6O29. The molecule has 9 N–H and O–H groups in total. The second-order valence-electron chi connectivity index (χ2n) is 40.8. The molecule has 0 saturated carbocycles. The molecule has 38 heteroatoms. The number of Topliss-reactive ketones (excluding diaryl/α,β-unsaturated/α-hetero) is 2. The zero-order valence-electron chi connectivity index (χ0n) is 86.3. The minimum absolute atomic E-state index is 0. The maximum atomic E-state index is 13.2. The third-order valence-electron chi connectivity index (χ3n) is 16.7. The van der Waals surface area contributed by atoms with Gasteiger partial charge in [0.15, 0.2) is 0 Å². The van der Waals surface area contributed by atoms with Crippen molar-refractivity contribution >= 4 is 125 Å². The number of ether oxygens (including phenoxy) is 12. The van der Waals surface area contributed by atoms with Crippen LogP contribution in [0.25, 0.3) is 0 Å². The number of benzene rings is 3. The molecule has 137 heavy (non-hydrogen) atoms. The van der Waals surface area contributed by atoms with Crippen LogP contribution >= 0.6 is 36.4 Å². The number of hydrogen-bond donors (Lipinski definition) is 6. The summed E-state index contributed by atoms with van der Waals surface area (Å²) in [6.07, 6.45) is 4.39. The van der Waals surface area contributed by atoms with Crippen LogP contribution in [0.15, 0.2) is 84.9 Å². The Morgan fingerprint density at radius 3 is 0.883 bits per heavy atom. The van der Waals surface area contributed by atoms with E-state index in [1.165, 1.54) is 24.3 Å². The molecule has 0 aliphatic heterocycles.